The summed E-state index contributed by atoms with van der Waals surface area (Å²) in [6.45, 7) is -0.00302. The highest BCUT2D eigenvalue weighted by Crippen LogP contribution is 2.37. The highest BCUT2D eigenvalue weighted by atomic mass is 19.4. The van der Waals surface area contributed by atoms with Crippen LogP contribution in [-0.4, -0.2) is 24.4 Å². The summed E-state index contributed by atoms with van der Waals surface area (Å²) >= 11 is 0. The summed E-state index contributed by atoms with van der Waals surface area (Å²) in [4.78, 5) is 12.4. The highest BCUT2D eigenvalue weighted by molar-refractivity contribution is 5.97. The Kier molecular flexibility index (Phi) is 6.87. The van der Waals surface area contributed by atoms with Gasteiger partial charge in [0.2, 0.25) is 0 Å². The van der Waals surface area contributed by atoms with E-state index in [0.29, 0.717) is 0 Å². The van der Waals surface area contributed by atoms with Crippen LogP contribution in [0.15, 0.2) is 36.4 Å². The molecule has 0 heterocycles. The van der Waals surface area contributed by atoms with Crippen LogP contribution in [0.25, 0.3) is 0 Å². The largest absolute Gasteiger partial charge is 0.573 e. The van der Waals surface area contributed by atoms with Gasteiger partial charge in [-0.15, -0.1) is 13.2 Å². The molecule has 0 radical (unpaired) electrons. The highest BCUT2D eigenvalue weighted by Gasteiger charge is 2.38. The van der Waals surface area contributed by atoms with E-state index in [4.69, 9.17) is 4.74 Å². The number of carbonyl (C=O) groups excluding carboxylic acids is 1. The van der Waals surface area contributed by atoms with Crippen LogP contribution >= 0.6 is 0 Å². The maximum absolute atomic E-state index is 13.4. The summed E-state index contributed by atoms with van der Waals surface area (Å²) in [5.41, 5.74) is -4.39. The number of nitriles is 1. The van der Waals surface area contributed by atoms with Gasteiger partial charge in [0.15, 0.2) is 17.2 Å². The molecule has 0 aliphatic heterocycles. The molecule has 1 unspecified atom stereocenters. The molecule has 1 amide bonds. The molecule has 0 aliphatic carbocycles. The summed E-state index contributed by atoms with van der Waals surface area (Å²) in [7, 11) is 0. The third-order valence-corrected chi connectivity index (χ3v) is 3.84. The van der Waals surface area contributed by atoms with Gasteiger partial charge in [-0.3, -0.25) is 4.79 Å². The van der Waals surface area contributed by atoms with E-state index in [9.17, 15) is 45.2 Å². The minimum atomic E-state index is -5.13. The van der Waals surface area contributed by atoms with Crippen LogP contribution in [0, 0.1) is 23.0 Å². The lowest BCUT2D eigenvalue weighted by atomic mass is 10.0. The minimum absolute atomic E-state index is 0.115. The summed E-state index contributed by atoms with van der Waals surface area (Å²) in [6, 6.07) is 5.64. The Bertz CT molecular complexity index is 1050. The van der Waals surface area contributed by atoms with Gasteiger partial charge in [0.05, 0.1) is 11.6 Å². The standard InChI is InChI=1S/C19H12F8N2O3/c1-17(8-28,9-31-15-7-13(21)12(20)6-11(15)18(22,23)24)29-16(30)10-4-2-3-5-14(10)32-19(25,26)27/h2-7H,9H2,1H3,(H,29,30). The molecule has 0 aliphatic rings. The number of hydrogen-bond donors (Lipinski definition) is 1. The van der Waals surface area contributed by atoms with Crippen molar-refractivity contribution in [3.05, 3.63) is 59.2 Å². The fraction of sp³-hybridized carbons (Fsp3) is 0.263. The van der Waals surface area contributed by atoms with Crippen molar-refractivity contribution in [3.63, 3.8) is 0 Å². The first-order chi connectivity index (χ1) is 14.6. The molecule has 0 fully saturated rings. The topological polar surface area (TPSA) is 71.3 Å². The van der Waals surface area contributed by atoms with Crippen LogP contribution in [0.3, 0.4) is 0 Å². The number of ether oxygens (including phenoxy) is 2. The number of hydrogen-bond acceptors (Lipinski definition) is 4. The molecule has 32 heavy (non-hydrogen) atoms. The number of benzene rings is 2. The fourth-order valence-corrected chi connectivity index (χ4v) is 2.37. The van der Waals surface area contributed by atoms with Crippen LogP contribution in [-0.2, 0) is 6.18 Å². The molecule has 1 N–H and O–H groups in total. The number of amides is 1. The van der Waals surface area contributed by atoms with E-state index in [1.165, 1.54) is 12.1 Å². The molecular weight excluding hydrogens is 456 g/mol. The maximum atomic E-state index is 13.4. The number of nitrogens with zero attached hydrogens (tertiary/aromatic N) is 1. The zero-order valence-electron chi connectivity index (χ0n) is 15.9. The molecule has 5 nitrogen and oxygen atoms in total. The molecule has 2 aromatic rings. The number of para-hydroxylation sites is 1. The second-order valence-electron chi connectivity index (χ2n) is 6.49. The van der Waals surface area contributed by atoms with Gasteiger partial charge in [0.25, 0.3) is 5.91 Å². The van der Waals surface area contributed by atoms with E-state index >= 15 is 0 Å². The molecule has 2 rings (SSSR count). The van der Waals surface area contributed by atoms with Crippen LogP contribution in [0.5, 0.6) is 11.5 Å². The van der Waals surface area contributed by atoms with Crippen molar-refractivity contribution in [2.24, 2.45) is 0 Å². The second-order valence-corrected chi connectivity index (χ2v) is 6.49. The molecule has 13 heteroatoms. The third kappa shape index (κ3) is 6.22. The number of halogens is 8. The Hall–Kier alpha value is -3.56. The predicted molar refractivity (Wildman–Crippen MR) is 91.5 cm³/mol. The second kappa shape index (κ2) is 8.89. The van der Waals surface area contributed by atoms with Crippen molar-refractivity contribution in [2.45, 2.75) is 25.0 Å². The van der Waals surface area contributed by atoms with Gasteiger partial charge < -0.3 is 14.8 Å². The SMILES string of the molecule is CC(C#N)(COc1cc(F)c(F)cc1C(F)(F)F)NC(=O)c1ccccc1OC(F)(F)F. The van der Waals surface area contributed by atoms with E-state index in [2.05, 4.69) is 4.74 Å². The normalized spacial score (nSPS) is 13.6. The van der Waals surface area contributed by atoms with Crippen molar-refractivity contribution < 1.29 is 49.4 Å². The van der Waals surface area contributed by atoms with Crippen molar-refractivity contribution in [3.8, 4) is 17.6 Å². The molecule has 0 saturated heterocycles. The molecular formula is C19H12F8N2O3. The Morgan fingerprint density at radius 3 is 2.19 bits per heavy atom. The van der Waals surface area contributed by atoms with E-state index < -0.39 is 64.9 Å². The molecule has 0 bridgehead atoms. The lowest BCUT2D eigenvalue weighted by Crippen LogP contribution is -2.49. The van der Waals surface area contributed by atoms with Gasteiger partial charge in [-0.1, -0.05) is 12.1 Å². The summed E-state index contributed by atoms with van der Waals surface area (Å²) in [6.07, 6.45) is -10.3. The fourth-order valence-electron chi connectivity index (χ4n) is 2.37. The van der Waals surface area contributed by atoms with E-state index in [1.54, 1.807) is 0 Å². The van der Waals surface area contributed by atoms with Crippen LogP contribution < -0.4 is 14.8 Å². The number of rotatable bonds is 6. The van der Waals surface area contributed by atoms with Gasteiger partial charge in [0.1, 0.15) is 23.7 Å². The number of alkyl halides is 6. The van der Waals surface area contributed by atoms with Gasteiger partial charge in [0, 0.05) is 6.07 Å². The van der Waals surface area contributed by atoms with Crippen molar-refractivity contribution >= 4 is 5.91 Å². The first-order valence-corrected chi connectivity index (χ1v) is 8.43. The average molecular weight is 468 g/mol. The van der Waals surface area contributed by atoms with E-state index in [0.717, 1.165) is 25.1 Å². The van der Waals surface area contributed by atoms with Gasteiger partial charge in [-0.05, 0) is 25.1 Å². The summed E-state index contributed by atoms with van der Waals surface area (Å²) < 4.78 is 112. The summed E-state index contributed by atoms with van der Waals surface area (Å²) in [5, 5.41) is 11.3. The zero-order valence-corrected chi connectivity index (χ0v) is 15.9. The van der Waals surface area contributed by atoms with Gasteiger partial charge in [-0.2, -0.15) is 18.4 Å². The molecule has 172 valence electrons. The number of carbonyl (C=O) groups is 1. The Morgan fingerprint density at radius 1 is 1.03 bits per heavy atom. The molecule has 1 atom stereocenters. The van der Waals surface area contributed by atoms with Gasteiger partial charge >= 0.3 is 12.5 Å². The molecule has 0 spiro atoms. The molecule has 2 aromatic carbocycles. The average Bonchev–Trinajstić information content (AvgIpc) is 2.67. The lowest BCUT2D eigenvalue weighted by Gasteiger charge is -2.25. The summed E-state index contributed by atoms with van der Waals surface area (Å²) in [5.74, 6) is -6.73. The lowest BCUT2D eigenvalue weighted by molar-refractivity contribution is -0.274. The Balaban J connectivity index is 2.26. The van der Waals surface area contributed by atoms with Crippen molar-refractivity contribution in [1.82, 2.24) is 5.32 Å². The Morgan fingerprint density at radius 2 is 1.62 bits per heavy atom. The molecule has 0 saturated carbocycles. The van der Waals surface area contributed by atoms with Crippen molar-refractivity contribution in [2.75, 3.05) is 6.61 Å². The molecule has 0 aromatic heterocycles. The van der Waals surface area contributed by atoms with Crippen LogP contribution in [0.4, 0.5) is 35.1 Å². The third-order valence-electron chi connectivity index (χ3n) is 3.84. The quantitative estimate of drug-likeness (QED) is 0.608. The predicted octanol–water partition coefficient (Wildman–Crippen LogP) is 4.97. The zero-order chi connectivity index (χ0) is 24.3. The minimum Gasteiger partial charge on any atom is -0.489 e. The van der Waals surface area contributed by atoms with Crippen LogP contribution in [0.1, 0.15) is 22.8 Å². The first-order valence-electron chi connectivity index (χ1n) is 8.43. The Labute approximate surface area is 175 Å². The van der Waals surface area contributed by atoms with Crippen LogP contribution in [0.2, 0.25) is 0 Å². The van der Waals surface area contributed by atoms with Gasteiger partial charge in [-0.25, -0.2) is 8.78 Å². The number of nitrogens with one attached hydrogen (secondary N) is 1. The maximum Gasteiger partial charge on any atom is 0.573 e. The van der Waals surface area contributed by atoms with E-state index in [-0.39, 0.29) is 12.1 Å². The smallest absolute Gasteiger partial charge is 0.489 e. The first kappa shape index (κ1) is 24.7. The monoisotopic (exact) mass is 468 g/mol. The van der Waals surface area contributed by atoms with E-state index in [1.807, 2.05) is 5.32 Å². The van der Waals surface area contributed by atoms with Crippen molar-refractivity contribution in [1.29, 1.82) is 5.26 Å².